The second-order valence-electron chi connectivity index (χ2n) is 5.41. The summed E-state index contributed by atoms with van der Waals surface area (Å²) in [6, 6.07) is 16.5. The van der Waals surface area contributed by atoms with Gasteiger partial charge in [-0.25, -0.2) is 8.42 Å². The van der Waals surface area contributed by atoms with Gasteiger partial charge in [0.2, 0.25) is 0 Å². The molecule has 3 N–H and O–H groups in total. The van der Waals surface area contributed by atoms with E-state index in [0.717, 1.165) is 0 Å². The van der Waals surface area contributed by atoms with Crippen LogP contribution in [0, 0.1) is 0 Å². The zero-order valence-corrected chi connectivity index (χ0v) is 12.4. The first kappa shape index (κ1) is 14.7. The van der Waals surface area contributed by atoms with Crippen LogP contribution in [-0.4, -0.2) is 30.3 Å². The van der Waals surface area contributed by atoms with Crippen molar-refractivity contribution in [1.82, 2.24) is 0 Å². The van der Waals surface area contributed by atoms with Crippen LogP contribution in [0.4, 0.5) is 0 Å². The van der Waals surface area contributed by atoms with Crippen LogP contribution in [0.5, 0.6) is 0 Å². The van der Waals surface area contributed by atoms with Crippen molar-refractivity contribution < 1.29 is 18.3 Å². The van der Waals surface area contributed by atoms with Crippen LogP contribution in [0.1, 0.15) is 11.5 Å². The highest BCUT2D eigenvalue weighted by atomic mass is 32.2. The molecule has 0 saturated heterocycles. The molecule has 1 saturated carbocycles. The summed E-state index contributed by atoms with van der Waals surface area (Å²) in [6.45, 7) is 0. The van der Waals surface area contributed by atoms with E-state index in [1.165, 1.54) is 12.1 Å². The van der Waals surface area contributed by atoms with Crippen LogP contribution in [0.25, 0.3) is 0 Å². The standard InChI is InChI=1S/C16H15NO4S/c17-16(15(18)19)13(11-7-3-1-4-8-11)14(16)22(20,21)12-9-5-2-6-10-12/h1-10,13-14H,17H2,(H,18,19)/t13-,14-,16-/m0/s1. The number of carboxylic acid groups (broad SMARTS) is 1. The van der Waals surface area contributed by atoms with Gasteiger partial charge in [0.1, 0.15) is 10.8 Å². The first-order valence-electron chi connectivity index (χ1n) is 6.76. The Hall–Kier alpha value is -2.18. The van der Waals surface area contributed by atoms with Crippen LogP contribution >= 0.6 is 0 Å². The molecule has 2 aromatic rings. The molecule has 0 amide bonds. The molecule has 0 aromatic heterocycles. The molecule has 3 rings (SSSR count). The van der Waals surface area contributed by atoms with Crippen LogP contribution < -0.4 is 5.73 Å². The van der Waals surface area contributed by atoms with Gasteiger partial charge >= 0.3 is 5.97 Å². The summed E-state index contributed by atoms with van der Waals surface area (Å²) in [5.41, 5.74) is 4.78. The Morgan fingerprint density at radius 2 is 1.50 bits per heavy atom. The van der Waals surface area contributed by atoms with Crippen molar-refractivity contribution >= 4 is 15.8 Å². The van der Waals surface area contributed by atoms with Gasteiger partial charge in [-0.15, -0.1) is 0 Å². The highest BCUT2D eigenvalue weighted by molar-refractivity contribution is 7.92. The predicted molar refractivity (Wildman–Crippen MR) is 81.2 cm³/mol. The molecule has 2 aromatic carbocycles. The van der Waals surface area contributed by atoms with Crippen molar-refractivity contribution in [2.24, 2.45) is 5.73 Å². The van der Waals surface area contributed by atoms with Crippen LogP contribution in [0.15, 0.2) is 65.6 Å². The smallest absolute Gasteiger partial charge is 0.325 e. The van der Waals surface area contributed by atoms with Crippen LogP contribution in [-0.2, 0) is 14.6 Å². The maximum absolute atomic E-state index is 12.8. The minimum atomic E-state index is -3.82. The summed E-state index contributed by atoms with van der Waals surface area (Å²) in [6.07, 6.45) is 0. The van der Waals surface area contributed by atoms with Gasteiger partial charge in [-0.3, -0.25) is 4.79 Å². The minimum absolute atomic E-state index is 0.0921. The summed E-state index contributed by atoms with van der Waals surface area (Å²) in [5, 5.41) is 8.27. The van der Waals surface area contributed by atoms with Crippen molar-refractivity contribution in [1.29, 1.82) is 0 Å². The highest BCUT2D eigenvalue weighted by Gasteiger charge is 2.74. The van der Waals surface area contributed by atoms with Gasteiger partial charge in [-0.1, -0.05) is 48.5 Å². The fourth-order valence-corrected chi connectivity index (χ4v) is 5.19. The first-order chi connectivity index (χ1) is 10.4. The van der Waals surface area contributed by atoms with E-state index in [9.17, 15) is 18.3 Å². The number of rotatable bonds is 4. The number of benzene rings is 2. The molecule has 6 heteroatoms. The summed E-state index contributed by atoms with van der Waals surface area (Å²) < 4.78 is 25.5. The Balaban J connectivity index is 2.08. The maximum Gasteiger partial charge on any atom is 0.325 e. The molecule has 0 heterocycles. The largest absolute Gasteiger partial charge is 0.480 e. The third-order valence-corrected chi connectivity index (χ3v) is 6.37. The lowest BCUT2D eigenvalue weighted by Gasteiger charge is -2.06. The van der Waals surface area contributed by atoms with Crippen molar-refractivity contribution in [3.63, 3.8) is 0 Å². The van der Waals surface area contributed by atoms with Gasteiger partial charge in [-0.2, -0.15) is 0 Å². The Morgan fingerprint density at radius 1 is 1.00 bits per heavy atom. The molecule has 0 radical (unpaired) electrons. The number of carbonyl (C=O) groups is 1. The minimum Gasteiger partial charge on any atom is -0.480 e. The van der Waals surface area contributed by atoms with E-state index in [0.29, 0.717) is 5.56 Å². The fourth-order valence-electron chi connectivity index (χ4n) is 2.93. The van der Waals surface area contributed by atoms with Crippen molar-refractivity contribution in [3.05, 3.63) is 66.2 Å². The number of carboxylic acids is 1. The van der Waals surface area contributed by atoms with E-state index in [1.807, 2.05) is 0 Å². The zero-order chi connectivity index (χ0) is 16.0. The lowest BCUT2D eigenvalue weighted by molar-refractivity contribution is -0.139. The first-order valence-corrected chi connectivity index (χ1v) is 8.31. The average Bonchev–Trinajstić information content (AvgIpc) is 3.18. The zero-order valence-electron chi connectivity index (χ0n) is 11.6. The Kier molecular flexibility index (Phi) is 3.30. The number of hydrogen-bond donors (Lipinski definition) is 2. The second kappa shape index (κ2) is 4.93. The Bertz CT molecular complexity index is 805. The summed E-state index contributed by atoms with van der Waals surface area (Å²) in [5.74, 6) is -2.05. The fraction of sp³-hybridized carbons (Fsp3) is 0.188. The SMILES string of the molecule is N[C@@]1(C(=O)O)[C@@H](c2ccccc2)[C@@H]1S(=O)(=O)c1ccccc1. The molecule has 1 aliphatic carbocycles. The molecule has 5 nitrogen and oxygen atoms in total. The number of hydrogen-bond acceptors (Lipinski definition) is 4. The molecule has 22 heavy (non-hydrogen) atoms. The van der Waals surface area contributed by atoms with Crippen molar-refractivity contribution in [3.8, 4) is 0 Å². The lowest BCUT2D eigenvalue weighted by atomic mass is 10.1. The van der Waals surface area contributed by atoms with E-state index in [1.54, 1.807) is 48.5 Å². The molecule has 3 atom stereocenters. The summed E-state index contributed by atoms with van der Waals surface area (Å²) in [4.78, 5) is 11.7. The molecule has 114 valence electrons. The third kappa shape index (κ3) is 2.03. The van der Waals surface area contributed by atoms with E-state index < -0.39 is 32.5 Å². The predicted octanol–water partition coefficient (Wildman–Crippen LogP) is 1.41. The molecular weight excluding hydrogens is 302 g/mol. The number of aliphatic carboxylic acids is 1. The van der Waals surface area contributed by atoms with E-state index in [2.05, 4.69) is 0 Å². The number of nitrogens with two attached hydrogens (primary N) is 1. The topological polar surface area (TPSA) is 97.5 Å². The van der Waals surface area contributed by atoms with E-state index in [4.69, 9.17) is 5.73 Å². The van der Waals surface area contributed by atoms with Crippen molar-refractivity contribution in [2.75, 3.05) is 0 Å². The van der Waals surface area contributed by atoms with E-state index >= 15 is 0 Å². The Morgan fingerprint density at radius 3 is 2.00 bits per heavy atom. The normalized spacial score (nSPS) is 27.3. The summed E-state index contributed by atoms with van der Waals surface area (Å²) >= 11 is 0. The molecule has 1 fully saturated rings. The molecular formula is C16H15NO4S. The van der Waals surface area contributed by atoms with Gasteiger partial charge < -0.3 is 10.8 Å². The number of sulfone groups is 1. The highest BCUT2D eigenvalue weighted by Crippen LogP contribution is 2.55. The van der Waals surface area contributed by atoms with Gasteiger partial charge in [0.15, 0.2) is 9.84 Å². The van der Waals surface area contributed by atoms with Gasteiger partial charge in [0, 0.05) is 5.92 Å². The van der Waals surface area contributed by atoms with Crippen LogP contribution in [0.2, 0.25) is 0 Å². The summed E-state index contributed by atoms with van der Waals surface area (Å²) in [7, 11) is -3.82. The monoisotopic (exact) mass is 317 g/mol. The second-order valence-corrected chi connectivity index (χ2v) is 7.47. The lowest BCUT2D eigenvalue weighted by Crippen LogP contribution is -2.39. The molecule has 0 spiro atoms. The van der Waals surface area contributed by atoms with Gasteiger partial charge in [0.25, 0.3) is 0 Å². The maximum atomic E-state index is 12.8. The third-order valence-electron chi connectivity index (χ3n) is 4.11. The van der Waals surface area contributed by atoms with Gasteiger partial charge in [0.05, 0.1) is 4.90 Å². The molecule has 0 unspecified atom stereocenters. The average molecular weight is 317 g/mol. The van der Waals surface area contributed by atoms with Crippen molar-refractivity contribution in [2.45, 2.75) is 21.6 Å². The molecule has 1 aliphatic rings. The van der Waals surface area contributed by atoms with Gasteiger partial charge in [-0.05, 0) is 17.7 Å². The van der Waals surface area contributed by atoms with E-state index in [-0.39, 0.29) is 4.90 Å². The van der Waals surface area contributed by atoms with Crippen LogP contribution in [0.3, 0.4) is 0 Å². The molecule has 0 aliphatic heterocycles. The Labute approximate surface area is 128 Å². The quantitative estimate of drug-likeness (QED) is 0.888. The molecule has 0 bridgehead atoms.